The number of guanidine groups is 1. The van der Waals surface area contributed by atoms with Gasteiger partial charge in [-0.2, -0.15) is 0 Å². The maximum atomic E-state index is 14.2. The van der Waals surface area contributed by atoms with E-state index in [0.717, 1.165) is 21.6 Å². The summed E-state index contributed by atoms with van der Waals surface area (Å²) in [5, 5.41) is 16.5. The van der Waals surface area contributed by atoms with E-state index in [1.54, 1.807) is 61.5 Å². The van der Waals surface area contributed by atoms with Gasteiger partial charge in [-0.25, -0.2) is 15.4 Å². The summed E-state index contributed by atoms with van der Waals surface area (Å²) in [6.45, 7) is 9.39. The van der Waals surface area contributed by atoms with Crippen LogP contribution in [0.4, 0.5) is 18.0 Å². The fourth-order valence-corrected chi connectivity index (χ4v) is 10.6. The lowest BCUT2D eigenvalue weighted by Gasteiger charge is -2.26. The summed E-state index contributed by atoms with van der Waals surface area (Å²) in [5.41, 5.74) is 8.85. The van der Waals surface area contributed by atoms with Crippen LogP contribution in [0.2, 0.25) is 0 Å². The molecule has 0 aliphatic carbocycles. The second-order valence-electron chi connectivity index (χ2n) is 21.8. The number of benzene rings is 3. The minimum Gasteiger partial charge on any atom is -0.558 e. The Morgan fingerprint density at radius 1 is 0.787 bits per heavy atom. The van der Waals surface area contributed by atoms with Crippen LogP contribution in [0.25, 0.3) is 15.7 Å². The molecule has 474 valence electrons. The highest BCUT2D eigenvalue weighted by Crippen LogP contribution is 2.33. The quantitative estimate of drug-likeness (QED) is 0.0166. The lowest BCUT2D eigenvalue weighted by atomic mass is 10.0. The molecule has 30 heteroatoms. The SMILES string of the molecule is [C-]#[N+][C@@H]1CC(F)(F)CN1C(=O)CNC(=O)c1ccnc2c(NC(=O)CCC(=O)N[C@@H](CCCN=C(N)N(C)C)C(=O)N[C@@H](Cc3ccccc3)C(=O)NCCNC(=O)Cc3ccc(CN4CCN5CCN(CC4)CC(=O)[O][Al]([18F])[O]C(=O)C5)cc3)cccc12. The average Bonchev–Trinajstić information content (AvgIpc) is 2.44. The van der Waals surface area contributed by atoms with Gasteiger partial charge in [0.15, 0.2) is 5.96 Å². The number of carbonyl (C=O) groups is 9. The number of nitrogens with one attached hydrogen (secondary N) is 6. The molecule has 4 aromatic rings. The zero-order chi connectivity index (χ0) is 64.0. The van der Waals surface area contributed by atoms with Crippen LogP contribution < -0.4 is 37.6 Å². The number of carbonyl (C=O) groups excluding carboxylic acids is 9. The molecule has 26 nitrogen and oxygen atoms in total. The van der Waals surface area contributed by atoms with Crippen LogP contribution in [0, 0.1) is 6.57 Å². The van der Waals surface area contributed by atoms with Crippen molar-refractivity contribution in [2.75, 3.05) is 104 Å². The van der Waals surface area contributed by atoms with E-state index in [-0.39, 0.29) is 105 Å². The second kappa shape index (κ2) is 33.0. The summed E-state index contributed by atoms with van der Waals surface area (Å²) in [5.74, 6) is -8.95. The molecule has 3 aromatic carbocycles. The van der Waals surface area contributed by atoms with Gasteiger partial charge in [0.2, 0.25) is 35.4 Å². The van der Waals surface area contributed by atoms with Crippen molar-refractivity contribution in [3.63, 3.8) is 0 Å². The predicted octanol–water partition coefficient (Wildman–Crippen LogP) is 0.614. The van der Waals surface area contributed by atoms with E-state index < -0.39 is 106 Å². The number of rotatable bonds is 24. The van der Waals surface area contributed by atoms with Gasteiger partial charge in [0.25, 0.3) is 23.8 Å². The van der Waals surface area contributed by atoms with Crippen molar-refractivity contribution < 1.29 is 63.0 Å². The van der Waals surface area contributed by atoms with Gasteiger partial charge in [-0.1, -0.05) is 66.7 Å². The Kier molecular flexibility index (Phi) is 25.1. The molecule has 3 fully saturated rings. The first-order valence-corrected chi connectivity index (χ1v) is 30.4. The third-order valence-corrected chi connectivity index (χ3v) is 15.7. The van der Waals surface area contributed by atoms with Crippen molar-refractivity contribution in [1.29, 1.82) is 0 Å². The number of fused-ring (bicyclic) bond motifs is 4. The fourth-order valence-electron chi connectivity index (χ4n) is 10.0. The number of nitrogens with zero attached hydrogens (tertiary/aromatic N) is 8. The van der Waals surface area contributed by atoms with E-state index in [0.29, 0.717) is 45.8 Å². The molecule has 1 aromatic heterocycles. The second-order valence-corrected chi connectivity index (χ2v) is 22.9. The first-order valence-electron chi connectivity index (χ1n) is 29.0. The van der Waals surface area contributed by atoms with E-state index in [9.17, 15) is 55.5 Å². The minimum absolute atomic E-state index is 0.00926. The van der Waals surface area contributed by atoms with Crippen LogP contribution >= 0.6 is 0 Å². The molecule has 0 spiro atoms. The Morgan fingerprint density at radius 3 is 2.11 bits per heavy atom. The fraction of sp³-hybridized carbons (Fsp3) is 0.458. The van der Waals surface area contributed by atoms with Crippen molar-refractivity contribution in [3.8, 4) is 0 Å². The Bertz CT molecular complexity index is 3220. The van der Waals surface area contributed by atoms with Crippen molar-refractivity contribution >= 4 is 91.1 Å². The van der Waals surface area contributed by atoms with Gasteiger partial charge in [-0.15, -0.1) is 0 Å². The van der Waals surface area contributed by atoms with Crippen molar-refractivity contribution in [1.82, 2.24) is 56.1 Å². The summed E-state index contributed by atoms with van der Waals surface area (Å²) < 4.78 is 51.6. The van der Waals surface area contributed by atoms with Gasteiger partial charge in [0, 0.05) is 110 Å². The lowest BCUT2D eigenvalue weighted by molar-refractivity contribution is -0.142. The molecule has 7 rings (SSSR count). The molecule has 7 amide bonds. The molecular weight excluding hydrogens is 1180 g/mol. The monoisotopic (exact) mass is 1250 g/mol. The number of anilines is 1. The van der Waals surface area contributed by atoms with Crippen molar-refractivity contribution in [3.05, 3.63) is 119 Å². The third kappa shape index (κ3) is 21.5. The molecule has 2 bridgehead atoms. The molecular formula is C59H73AlF3N15O11. The van der Waals surface area contributed by atoms with E-state index in [4.69, 9.17) is 19.9 Å². The number of aliphatic imine (C=N–C) groups is 1. The van der Waals surface area contributed by atoms with Crippen molar-refractivity contribution in [2.45, 2.75) is 75.7 Å². The molecule has 0 radical (unpaired) electrons. The summed E-state index contributed by atoms with van der Waals surface area (Å²) in [6, 6.07) is 20.1. The van der Waals surface area contributed by atoms with Crippen LogP contribution in [0.3, 0.4) is 0 Å². The minimum atomic E-state index is -3.91. The smallest absolute Gasteiger partial charge is 0.558 e. The zero-order valence-corrected chi connectivity index (χ0v) is 50.7. The highest BCUT2D eigenvalue weighted by Gasteiger charge is 2.51. The van der Waals surface area contributed by atoms with Crippen LogP contribution in [0.5, 0.6) is 0 Å². The number of alkyl halides is 2. The number of halogens is 3. The molecule has 3 saturated heterocycles. The highest BCUT2D eigenvalue weighted by atomic mass is 27.3. The molecule has 3 aliphatic rings. The summed E-state index contributed by atoms with van der Waals surface area (Å²) in [7, 11) is 3.43. The molecule has 0 saturated carbocycles. The van der Waals surface area contributed by atoms with Crippen LogP contribution in [0.15, 0.2) is 90.1 Å². The van der Waals surface area contributed by atoms with Gasteiger partial charge in [0.05, 0.1) is 49.4 Å². The third-order valence-electron chi connectivity index (χ3n) is 14.8. The number of hydrogen-bond donors (Lipinski definition) is 7. The Morgan fingerprint density at radius 2 is 1.44 bits per heavy atom. The van der Waals surface area contributed by atoms with E-state index in [1.807, 2.05) is 34.1 Å². The highest BCUT2D eigenvalue weighted by molar-refractivity contribution is 6.41. The average molecular weight is 1250 g/mol. The molecule has 3 aliphatic heterocycles. The molecule has 89 heavy (non-hydrogen) atoms. The maximum Gasteiger partial charge on any atom is 1.15 e. The largest absolute Gasteiger partial charge is 1.15 e. The Labute approximate surface area is 517 Å². The zero-order valence-electron chi connectivity index (χ0n) is 49.5. The van der Waals surface area contributed by atoms with Crippen LogP contribution in [-0.2, 0) is 65.3 Å². The Balaban J connectivity index is 0.907. The maximum absolute atomic E-state index is 14.2. The van der Waals surface area contributed by atoms with Gasteiger partial charge in [-0.05, 0) is 41.7 Å². The van der Waals surface area contributed by atoms with E-state index >= 15 is 0 Å². The lowest BCUT2D eigenvalue weighted by Crippen LogP contribution is -2.55. The van der Waals surface area contributed by atoms with Gasteiger partial charge >= 0.3 is 21.4 Å². The molecule has 8 N–H and O–H groups in total. The number of hydrogen-bond acceptors (Lipinski definition) is 16. The van der Waals surface area contributed by atoms with Gasteiger partial charge in [0.1, 0.15) is 18.5 Å². The van der Waals surface area contributed by atoms with Crippen LogP contribution in [0.1, 0.15) is 59.2 Å². The van der Waals surface area contributed by atoms with Crippen molar-refractivity contribution in [2.24, 2.45) is 10.7 Å². The van der Waals surface area contributed by atoms with Gasteiger partial charge in [-0.3, -0.25) is 77.6 Å². The van der Waals surface area contributed by atoms with E-state index in [2.05, 4.69) is 51.6 Å². The molecule has 4 heterocycles. The predicted molar refractivity (Wildman–Crippen MR) is 320 cm³/mol. The number of amides is 7. The molecule has 2 unspecified atom stereocenters. The number of pyridine rings is 1. The first-order chi connectivity index (χ1) is 42.6. The summed E-state index contributed by atoms with van der Waals surface area (Å²) in [6.07, 6.45) is -1.13. The number of likely N-dealkylation sites (tertiary alicyclic amines) is 1. The number of aromatic nitrogens is 1. The van der Waals surface area contributed by atoms with E-state index in [1.165, 1.54) is 18.3 Å². The standard InChI is InChI=1S/C59H75F2N15O11.Al.FH/c1-63-47-33-59(60,61)38-76(47)51(80)34-68-55(85)43-20-22-65-54-42(43)11-7-12-44(54)69-48(77)18-19-49(78)70-45(13-8-21-67-58(62)72(2)3)57(87)71-46(31-39-9-5-4-6-10-39)56(86)66-24-23-64-50(79)32-40-14-16-41(17-15-40)35-73-25-27-74(36-52(81)82)29-30-75(28-26-73)37-53(83)84;;/h4-7,9-12,14-17,20,22,45-47H,8,13,18-19,21,23-38H2,2-3H3,(H2,62,67)(H,64,79)(H,66,86)(H,68,85)(H,69,77)(H,70,78)(H,71,87)(H,81,82)(H,83,84);;1H/q;+3;/p-3/t45-,46-,47-;;/m0../s1/i;;1-1. The topological polar surface area (TPSA) is 316 Å². The normalized spacial score (nSPS) is 18.7. The number of para-hydroxylation sites is 1. The first kappa shape index (κ1) is 67.8. The molecule has 5 atom stereocenters. The summed E-state index contributed by atoms with van der Waals surface area (Å²) >= 11 is -3.91. The Hall–Kier alpha value is -8.74. The summed E-state index contributed by atoms with van der Waals surface area (Å²) in [4.78, 5) is 139. The van der Waals surface area contributed by atoms with Crippen LogP contribution in [-0.4, -0.2) is 227 Å². The number of nitrogens with two attached hydrogens (primary N) is 1. The van der Waals surface area contributed by atoms with Gasteiger partial charge < -0.3 is 53.6 Å².